The van der Waals surface area contributed by atoms with E-state index < -0.39 is 35.2 Å². The number of nitrogens with zero attached hydrogens (tertiary/aromatic N) is 1. The van der Waals surface area contributed by atoms with E-state index in [2.05, 4.69) is 0 Å². The van der Waals surface area contributed by atoms with E-state index >= 15 is 0 Å². The molecular weight excluding hydrogens is 487 g/mol. The van der Waals surface area contributed by atoms with Gasteiger partial charge in [0.05, 0.1) is 23.8 Å². The molecule has 1 atom stereocenters. The van der Waals surface area contributed by atoms with Crippen molar-refractivity contribution in [3.05, 3.63) is 94.6 Å². The molecule has 0 saturated carbocycles. The summed E-state index contributed by atoms with van der Waals surface area (Å²) in [5, 5.41) is 21.3. The van der Waals surface area contributed by atoms with Gasteiger partial charge in [-0.1, -0.05) is 25.1 Å². The van der Waals surface area contributed by atoms with Gasteiger partial charge in [0.25, 0.3) is 11.7 Å². The molecule has 1 aliphatic heterocycles. The normalized spacial score (nSPS) is 17.3. The van der Waals surface area contributed by atoms with Crippen LogP contribution in [0.3, 0.4) is 0 Å². The van der Waals surface area contributed by atoms with E-state index in [4.69, 9.17) is 4.74 Å². The highest BCUT2D eigenvalue weighted by Crippen LogP contribution is 2.44. The lowest BCUT2D eigenvalue weighted by molar-refractivity contribution is -0.137. The van der Waals surface area contributed by atoms with Crippen LogP contribution < -0.4 is 9.64 Å². The molecule has 192 valence electrons. The number of amides is 1. The highest BCUT2D eigenvalue weighted by Gasteiger charge is 2.47. The molecule has 37 heavy (non-hydrogen) atoms. The van der Waals surface area contributed by atoms with E-state index in [9.17, 15) is 33.0 Å². The van der Waals surface area contributed by atoms with Gasteiger partial charge in [0, 0.05) is 11.3 Å². The molecule has 1 heterocycles. The molecule has 1 aliphatic rings. The molecule has 0 aliphatic carbocycles. The quantitative estimate of drug-likeness (QED) is 0.236. The van der Waals surface area contributed by atoms with Crippen molar-refractivity contribution in [2.75, 3.05) is 11.5 Å². The second-order valence-corrected chi connectivity index (χ2v) is 8.64. The first-order valence-corrected chi connectivity index (χ1v) is 11.5. The number of aliphatic hydroxyl groups excluding tert-OH is 1. The van der Waals surface area contributed by atoms with Crippen molar-refractivity contribution in [1.29, 1.82) is 0 Å². The van der Waals surface area contributed by atoms with Gasteiger partial charge in [0.1, 0.15) is 17.3 Å². The topological polar surface area (TPSA) is 87.1 Å². The number of carbonyl (C=O) groups is 2. The Morgan fingerprint density at radius 2 is 1.76 bits per heavy atom. The molecule has 3 aromatic rings. The third kappa shape index (κ3) is 5.02. The average Bonchev–Trinajstić information content (AvgIpc) is 3.12. The number of Topliss-reactive ketones (excluding diaryl/α,β-unsaturated/α-hetero) is 1. The van der Waals surface area contributed by atoms with Gasteiger partial charge in [0.2, 0.25) is 0 Å². The average molecular weight is 511 g/mol. The number of ether oxygens (including phenoxy) is 1. The number of rotatable bonds is 6. The number of benzene rings is 3. The predicted molar refractivity (Wildman–Crippen MR) is 131 cm³/mol. The zero-order valence-electron chi connectivity index (χ0n) is 20.0. The maximum atomic E-state index is 13.4. The van der Waals surface area contributed by atoms with Gasteiger partial charge >= 0.3 is 6.18 Å². The maximum Gasteiger partial charge on any atom is 0.416 e. The summed E-state index contributed by atoms with van der Waals surface area (Å²) >= 11 is 0. The first-order valence-electron chi connectivity index (χ1n) is 11.5. The second-order valence-electron chi connectivity index (χ2n) is 8.64. The Labute approximate surface area is 211 Å². The van der Waals surface area contributed by atoms with Crippen LogP contribution in [0.4, 0.5) is 18.9 Å². The Kier molecular flexibility index (Phi) is 6.98. The van der Waals surface area contributed by atoms with Crippen LogP contribution in [0, 0.1) is 6.92 Å². The Morgan fingerprint density at radius 1 is 1.03 bits per heavy atom. The maximum absolute atomic E-state index is 13.4. The number of hydrogen-bond donors (Lipinski definition) is 2. The van der Waals surface area contributed by atoms with Gasteiger partial charge in [-0.05, 0) is 73.0 Å². The van der Waals surface area contributed by atoms with Crippen molar-refractivity contribution in [2.24, 2.45) is 0 Å². The molecule has 2 N–H and O–H groups in total. The van der Waals surface area contributed by atoms with Crippen molar-refractivity contribution in [1.82, 2.24) is 0 Å². The zero-order valence-corrected chi connectivity index (χ0v) is 20.0. The SMILES string of the molecule is CCCOc1ccc(/C(O)=C2\C(=O)C(=O)N(c3cccc(C(F)(F)F)c3)C2c2cccc(O)c2)cc1C. The number of aryl methyl sites for hydroxylation is 1. The van der Waals surface area contributed by atoms with Crippen LogP contribution in [0.5, 0.6) is 11.5 Å². The molecule has 9 heteroatoms. The molecular formula is C28H24F3NO5. The molecule has 0 radical (unpaired) electrons. The van der Waals surface area contributed by atoms with Crippen molar-refractivity contribution in [3.8, 4) is 11.5 Å². The van der Waals surface area contributed by atoms with Crippen LogP contribution in [-0.4, -0.2) is 28.5 Å². The predicted octanol–water partition coefficient (Wildman–Crippen LogP) is 6.13. The molecule has 1 saturated heterocycles. The van der Waals surface area contributed by atoms with E-state index in [0.29, 0.717) is 17.9 Å². The number of phenols is 1. The molecule has 0 aromatic heterocycles. The van der Waals surface area contributed by atoms with E-state index in [1.165, 1.54) is 36.4 Å². The van der Waals surface area contributed by atoms with Gasteiger partial charge in [-0.2, -0.15) is 13.2 Å². The zero-order chi connectivity index (χ0) is 26.9. The first kappa shape index (κ1) is 25.8. The molecule has 0 spiro atoms. The van der Waals surface area contributed by atoms with Gasteiger partial charge in [-0.15, -0.1) is 0 Å². The lowest BCUT2D eigenvalue weighted by atomic mass is 9.94. The minimum Gasteiger partial charge on any atom is -0.508 e. The number of carbonyl (C=O) groups excluding carboxylic acids is 2. The monoisotopic (exact) mass is 511 g/mol. The summed E-state index contributed by atoms with van der Waals surface area (Å²) in [7, 11) is 0. The van der Waals surface area contributed by atoms with Crippen LogP contribution in [-0.2, 0) is 15.8 Å². The van der Waals surface area contributed by atoms with Crippen LogP contribution in [0.25, 0.3) is 5.76 Å². The molecule has 1 amide bonds. The number of anilines is 1. The summed E-state index contributed by atoms with van der Waals surface area (Å²) in [6.07, 6.45) is -3.88. The summed E-state index contributed by atoms with van der Waals surface area (Å²) in [5.74, 6) is -2.25. The minimum atomic E-state index is -4.68. The summed E-state index contributed by atoms with van der Waals surface area (Å²) in [5.41, 5.74) is -0.344. The fraction of sp³-hybridized carbons (Fsp3) is 0.214. The van der Waals surface area contributed by atoms with Crippen LogP contribution >= 0.6 is 0 Å². The number of alkyl halides is 3. The van der Waals surface area contributed by atoms with E-state index in [1.54, 1.807) is 19.1 Å². The number of halogens is 3. The molecule has 6 nitrogen and oxygen atoms in total. The van der Waals surface area contributed by atoms with Crippen molar-refractivity contribution in [3.63, 3.8) is 0 Å². The Hall–Kier alpha value is -4.27. The third-order valence-electron chi connectivity index (χ3n) is 5.99. The van der Waals surface area contributed by atoms with Crippen molar-refractivity contribution < 1.29 is 37.7 Å². The van der Waals surface area contributed by atoms with Gasteiger partial charge in [-0.3, -0.25) is 14.5 Å². The van der Waals surface area contributed by atoms with Crippen molar-refractivity contribution in [2.45, 2.75) is 32.5 Å². The fourth-order valence-electron chi connectivity index (χ4n) is 4.27. The van der Waals surface area contributed by atoms with Gasteiger partial charge in [-0.25, -0.2) is 0 Å². The number of phenolic OH excluding ortho intramolecular Hbond substituents is 1. The molecule has 1 fully saturated rings. The minimum absolute atomic E-state index is 0.177. The van der Waals surface area contributed by atoms with Gasteiger partial charge in [0.15, 0.2) is 0 Å². The van der Waals surface area contributed by atoms with Gasteiger partial charge < -0.3 is 14.9 Å². The summed E-state index contributed by atoms with van der Waals surface area (Å²) in [6, 6.07) is 13.2. The molecule has 4 rings (SSSR count). The summed E-state index contributed by atoms with van der Waals surface area (Å²) in [6.45, 7) is 4.21. The first-order chi connectivity index (χ1) is 17.5. The van der Waals surface area contributed by atoms with E-state index in [-0.39, 0.29) is 28.1 Å². The van der Waals surface area contributed by atoms with Crippen molar-refractivity contribution >= 4 is 23.1 Å². The largest absolute Gasteiger partial charge is 0.508 e. The lowest BCUT2D eigenvalue weighted by Crippen LogP contribution is -2.29. The third-order valence-corrected chi connectivity index (χ3v) is 5.99. The van der Waals surface area contributed by atoms with Crippen LogP contribution in [0.2, 0.25) is 0 Å². The number of ketones is 1. The standard InChI is InChI=1S/C28H24F3NO5/c1-3-12-37-22-11-10-18(13-16(22)2)25(34)23-24(17-6-4-9-21(33)14-17)32(27(36)26(23)35)20-8-5-7-19(15-20)28(29,30)31/h4-11,13-15,24,33-34H,3,12H2,1-2H3/b25-23+. The van der Waals surface area contributed by atoms with Crippen LogP contribution in [0.15, 0.2) is 72.3 Å². The summed E-state index contributed by atoms with van der Waals surface area (Å²) in [4.78, 5) is 27.3. The molecule has 1 unspecified atom stereocenters. The highest BCUT2D eigenvalue weighted by molar-refractivity contribution is 6.51. The molecule has 3 aromatic carbocycles. The Balaban J connectivity index is 1.90. The van der Waals surface area contributed by atoms with E-state index in [1.807, 2.05) is 6.92 Å². The smallest absolute Gasteiger partial charge is 0.416 e. The number of aromatic hydroxyl groups is 1. The van der Waals surface area contributed by atoms with Crippen LogP contribution in [0.1, 0.15) is 41.6 Å². The second kappa shape index (κ2) is 10.0. The lowest BCUT2D eigenvalue weighted by Gasteiger charge is -2.26. The Bertz CT molecular complexity index is 1400. The molecule has 0 bridgehead atoms. The Morgan fingerprint density at radius 3 is 2.41 bits per heavy atom. The number of aliphatic hydroxyl groups is 1. The fourth-order valence-corrected chi connectivity index (χ4v) is 4.27. The van der Waals surface area contributed by atoms with E-state index in [0.717, 1.165) is 29.5 Å². The highest BCUT2D eigenvalue weighted by atomic mass is 19.4. The number of hydrogen-bond acceptors (Lipinski definition) is 5. The summed E-state index contributed by atoms with van der Waals surface area (Å²) < 4.78 is 45.9.